The first-order chi connectivity index (χ1) is 9.61. The van der Waals surface area contributed by atoms with Gasteiger partial charge in [-0.2, -0.15) is 4.74 Å². The molecule has 0 unspecified atom stereocenters. The van der Waals surface area contributed by atoms with E-state index in [-0.39, 0.29) is 11.5 Å². The number of carbonyl (C=O) groups excluding carboxylic acids is 1. The van der Waals surface area contributed by atoms with E-state index < -0.39 is 0 Å². The second-order valence-electron chi connectivity index (χ2n) is 4.37. The average molecular weight is 288 g/mol. The first-order valence-electron chi connectivity index (χ1n) is 5.94. The number of hydrogen-bond acceptors (Lipinski definition) is 3. The summed E-state index contributed by atoms with van der Waals surface area (Å²) < 4.78 is 5.71. The minimum atomic E-state index is -0.306. The zero-order valence-corrected chi connectivity index (χ0v) is 11.3. The van der Waals surface area contributed by atoms with Gasteiger partial charge in [-0.3, -0.25) is 4.79 Å². The summed E-state index contributed by atoms with van der Waals surface area (Å²) in [5.41, 5.74) is 1.25. The number of Topliss-reactive ketones (excluding diaryl/α,β-unsaturated/α-hetero) is 1. The van der Waals surface area contributed by atoms with Crippen molar-refractivity contribution in [3.05, 3.63) is 63.8 Å². The van der Waals surface area contributed by atoms with Crippen molar-refractivity contribution in [1.82, 2.24) is 0 Å². The van der Waals surface area contributed by atoms with Gasteiger partial charge in [-0.1, -0.05) is 17.7 Å². The molecule has 0 radical (unpaired) electrons. The number of halogens is 1. The van der Waals surface area contributed by atoms with Crippen molar-refractivity contribution in [2.45, 2.75) is 0 Å². The first-order valence-corrected chi connectivity index (χ1v) is 6.32. The maximum Gasteiger partial charge on any atom is 0.273 e. The predicted octanol–water partition coefficient (Wildman–Crippen LogP) is 3.18. The number of ketones is 1. The van der Waals surface area contributed by atoms with Gasteiger partial charge in [0.1, 0.15) is 11.3 Å². The van der Waals surface area contributed by atoms with Crippen LogP contribution in [-0.2, 0) is 0 Å². The summed E-state index contributed by atoms with van der Waals surface area (Å²) in [7, 11) is 1.51. The molecule has 20 heavy (non-hydrogen) atoms. The molecule has 0 aromatic heterocycles. The third-order valence-corrected chi connectivity index (χ3v) is 3.42. The van der Waals surface area contributed by atoms with Crippen LogP contribution >= 0.6 is 11.6 Å². The summed E-state index contributed by atoms with van der Waals surface area (Å²) in [5, 5.41) is 12.8. The van der Waals surface area contributed by atoms with Gasteiger partial charge in [0.15, 0.2) is 0 Å². The van der Waals surface area contributed by atoms with E-state index in [0.29, 0.717) is 32.3 Å². The lowest BCUT2D eigenvalue weighted by Crippen LogP contribution is -2.16. The van der Waals surface area contributed by atoms with Crippen LogP contribution in [0.5, 0.6) is 5.75 Å². The van der Waals surface area contributed by atoms with Crippen LogP contribution in [0.25, 0.3) is 0 Å². The Balaban J connectivity index is 2.18. The molecule has 5 heteroatoms. The van der Waals surface area contributed by atoms with Crippen molar-refractivity contribution in [2.75, 3.05) is 7.11 Å². The van der Waals surface area contributed by atoms with Gasteiger partial charge in [-0.05, 0) is 30.3 Å². The molecule has 0 amide bonds. The van der Waals surface area contributed by atoms with Crippen molar-refractivity contribution < 1.29 is 14.3 Å². The number of rotatable bonds is 2. The summed E-state index contributed by atoms with van der Waals surface area (Å²) >= 11 is 5.91. The number of nitrogens with zero attached hydrogens (tertiary/aromatic N) is 1. The van der Waals surface area contributed by atoms with Gasteiger partial charge >= 0.3 is 0 Å². The van der Waals surface area contributed by atoms with Crippen molar-refractivity contribution in [2.24, 2.45) is 0 Å². The second kappa shape index (κ2) is 4.65. The summed E-state index contributed by atoms with van der Waals surface area (Å²) in [5.74, 6) is 0.227. The zero-order chi connectivity index (χ0) is 14.3. The quantitative estimate of drug-likeness (QED) is 0.630. The van der Waals surface area contributed by atoms with Crippen molar-refractivity contribution >= 4 is 28.8 Å². The molecule has 4 nitrogen and oxygen atoms in total. The van der Waals surface area contributed by atoms with Crippen molar-refractivity contribution in [3.63, 3.8) is 0 Å². The SMILES string of the molecule is COc1ccc2c(c1)[N+]([O-])=C(c1cccc(Cl)c1)C2=O. The van der Waals surface area contributed by atoms with Gasteiger partial charge in [-0.15, -0.1) is 0 Å². The number of hydrogen-bond donors (Lipinski definition) is 0. The predicted molar refractivity (Wildman–Crippen MR) is 76.2 cm³/mol. The van der Waals surface area contributed by atoms with E-state index in [4.69, 9.17) is 16.3 Å². The van der Waals surface area contributed by atoms with Gasteiger partial charge in [0.2, 0.25) is 5.69 Å². The lowest BCUT2D eigenvalue weighted by atomic mass is 10.0. The van der Waals surface area contributed by atoms with Crippen LogP contribution in [0, 0.1) is 5.21 Å². The van der Waals surface area contributed by atoms with Crippen molar-refractivity contribution in [3.8, 4) is 5.75 Å². The van der Waals surface area contributed by atoms with E-state index in [1.165, 1.54) is 7.11 Å². The van der Waals surface area contributed by atoms with Gasteiger partial charge in [0.05, 0.1) is 18.7 Å². The summed E-state index contributed by atoms with van der Waals surface area (Å²) in [6.07, 6.45) is 0. The number of carbonyl (C=O) groups is 1. The average Bonchev–Trinajstić information content (AvgIpc) is 2.70. The number of ether oxygens (including phenoxy) is 1. The Morgan fingerprint density at radius 1 is 1.20 bits per heavy atom. The smallest absolute Gasteiger partial charge is 0.273 e. The molecule has 100 valence electrons. The molecule has 2 aromatic rings. The Labute approximate surface area is 120 Å². The molecule has 0 saturated heterocycles. The Morgan fingerprint density at radius 2 is 2.00 bits per heavy atom. The standard InChI is InChI=1S/C15H10ClNO3/c1-20-11-5-6-12-13(8-11)17(19)14(15(12)18)9-3-2-4-10(16)7-9/h2-8H,1H3. The van der Waals surface area contributed by atoms with Gasteiger partial charge in [0.25, 0.3) is 11.5 Å². The van der Waals surface area contributed by atoms with E-state index in [0.717, 1.165) is 0 Å². The van der Waals surface area contributed by atoms with E-state index >= 15 is 0 Å². The molecular formula is C15H10ClNO3. The fraction of sp³-hybridized carbons (Fsp3) is 0.0667. The highest BCUT2D eigenvalue weighted by molar-refractivity contribution is 6.52. The molecule has 1 aliphatic rings. The first kappa shape index (κ1) is 12.7. The fourth-order valence-electron chi connectivity index (χ4n) is 2.22. The summed E-state index contributed by atoms with van der Waals surface area (Å²) in [6.45, 7) is 0. The Hall–Kier alpha value is -2.33. The van der Waals surface area contributed by atoms with Crippen LogP contribution in [0.2, 0.25) is 5.02 Å². The largest absolute Gasteiger partial charge is 0.618 e. The Kier molecular flexibility index (Phi) is 2.95. The monoisotopic (exact) mass is 287 g/mol. The molecule has 3 rings (SSSR count). The third kappa shape index (κ3) is 1.85. The van der Waals surface area contributed by atoms with Crippen LogP contribution in [0.15, 0.2) is 42.5 Å². The van der Waals surface area contributed by atoms with Crippen LogP contribution < -0.4 is 4.74 Å². The fourth-order valence-corrected chi connectivity index (χ4v) is 2.41. The van der Waals surface area contributed by atoms with E-state index in [2.05, 4.69) is 0 Å². The molecule has 0 bridgehead atoms. The minimum absolute atomic E-state index is 0.0794. The summed E-state index contributed by atoms with van der Waals surface area (Å²) in [4.78, 5) is 12.4. The molecule has 0 N–H and O–H groups in total. The molecular weight excluding hydrogens is 278 g/mol. The van der Waals surface area contributed by atoms with E-state index in [9.17, 15) is 10.0 Å². The second-order valence-corrected chi connectivity index (χ2v) is 4.80. The Bertz CT molecular complexity index is 753. The van der Waals surface area contributed by atoms with Crippen LogP contribution in [0.1, 0.15) is 15.9 Å². The van der Waals surface area contributed by atoms with E-state index in [1.807, 2.05) is 0 Å². The highest BCUT2D eigenvalue weighted by Gasteiger charge is 2.36. The maximum atomic E-state index is 12.4. The molecule has 1 heterocycles. The van der Waals surface area contributed by atoms with Gasteiger partial charge < -0.3 is 9.94 Å². The lowest BCUT2D eigenvalue weighted by molar-refractivity contribution is -0.355. The number of fused-ring (bicyclic) bond motifs is 1. The molecule has 0 spiro atoms. The van der Waals surface area contributed by atoms with Gasteiger partial charge in [-0.25, -0.2) is 0 Å². The lowest BCUT2D eigenvalue weighted by Gasteiger charge is -2.03. The van der Waals surface area contributed by atoms with Crippen LogP contribution in [-0.4, -0.2) is 23.3 Å². The molecule has 0 aliphatic carbocycles. The van der Waals surface area contributed by atoms with Crippen LogP contribution in [0.3, 0.4) is 0 Å². The molecule has 0 saturated carbocycles. The minimum Gasteiger partial charge on any atom is -0.618 e. The molecule has 2 aromatic carbocycles. The Morgan fingerprint density at radius 3 is 2.70 bits per heavy atom. The third-order valence-electron chi connectivity index (χ3n) is 3.18. The topological polar surface area (TPSA) is 52.4 Å². The number of benzene rings is 2. The zero-order valence-electron chi connectivity index (χ0n) is 10.6. The van der Waals surface area contributed by atoms with Gasteiger partial charge in [0, 0.05) is 5.02 Å². The van der Waals surface area contributed by atoms with Crippen LogP contribution in [0.4, 0.5) is 5.69 Å². The van der Waals surface area contributed by atoms with E-state index in [1.54, 1.807) is 42.5 Å². The highest BCUT2D eigenvalue weighted by Crippen LogP contribution is 2.31. The normalized spacial score (nSPS) is 13.6. The molecule has 1 aliphatic heterocycles. The van der Waals surface area contributed by atoms with Crippen molar-refractivity contribution in [1.29, 1.82) is 0 Å². The molecule has 0 fully saturated rings. The summed E-state index contributed by atoms with van der Waals surface area (Å²) in [6, 6.07) is 11.5. The highest BCUT2D eigenvalue weighted by atomic mass is 35.5. The molecule has 0 atom stereocenters. The number of methoxy groups -OCH3 is 1. The maximum absolute atomic E-state index is 12.4.